The van der Waals surface area contributed by atoms with Gasteiger partial charge in [-0.2, -0.15) is 0 Å². The summed E-state index contributed by atoms with van der Waals surface area (Å²) in [6, 6.07) is 15.8. The first-order valence-corrected chi connectivity index (χ1v) is 14.2. The molecule has 0 bridgehead atoms. The zero-order valence-corrected chi connectivity index (χ0v) is 23.5. The van der Waals surface area contributed by atoms with Crippen molar-refractivity contribution in [3.63, 3.8) is 0 Å². The second-order valence-electron chi connectivity index (χ2n) is 10.7. The number of nitrogen functional groups attached to an aromatic ring is 1. The van der Waals surface area contributed by atoms with E-state index >= 15 is 0 Å². The molecule has 216 valence electrons. The third-order valence-electron chi connectivity index (χ3n) is 7.50. The Morgan fingerprint density at radius 1 is 1.02 bits per heavy atom. The molecule has 1 aromatic heterocycles. The number of nitrogens with one attached hydrogen (secondary N) is 2. The number of benzene rings is 2. The second kappa shape index (κ2) is 13.4. The highest BCUT2D eigenvalue weighted by molar-refractivity contribution is 6.04. The number of ether oxygens (including phenoxy) is 2. The molecule has 41 heavy (non-hydrogen) atoms. The van der Waals surface area contributed by atoms with E-state index in [-0.39, 0.29) is 17.6 Å². The standard InChI is InChI=1S/C31H38N6O4/c1-22-11-15-36(16-12-22)13-4-14-37(31(39)34-24-8-10-28-29(19-24)41-18-17-40-28)21-23-7-9-27(33-20-23)30(38)35-26-6-3-2-5-25(26)32/h2-3,5-10,19-20,22H,4,11-18,21,32H2,1H3,(H,34,39)(H,35,38). The second-order valence-corrected chi connectivity index (χ2v) is 10.7. The van der Waals surface area contributed by atoms with Crippen molar-refractivity contribution in [3.8, 4) is 11.5 Å². The van der Waals surface area contributed by atoms with Gasteiger partial charge in [-0.05, 0) is 80.7 Å². The van der Waals surface area contributed by atoms with Gasteiger partial charge in [0.15, 0.2) is 11.5 Å². The number of amides is 3. The lowest BCUT2D eigenvalue weighted by atomic mass is 9.99. The van der Waals surface area contributed by atoms with Crippen LogP contribution in [0.2, 0.25) is 0 Å². The first-order valence-electron chi connectivity index (χ1n) is 14.2. The quantitative estimate of drug-likeness (QED) is 0.321. The molecular weight excluding hydrogens is 520 g/mol. The Balaban J connectivity index is 1.23. The molecule has 2 aromatic carbocycles. The highest BCUT2D eigenvalue weighted by atomic mass is 16.6. The number of likely N-dealkylation sites (tertiary alicyclic amines) is 1. The van der Waals surface area contributed by atoms with E-state index in [0.29, 0.717) is 54.9 Å². The largest absolute Gasteiger partial charge is 0.486 e. The van der Waals surface area contributed by atoms with Crippen molar-refractivity contribution in [3.05, 3.63) is 72.1 Å². The smallest absolute Gasteiger partial charge is 0.322 e. The summed E-state index contributed by atoms with van der Waals surface area (Å²) in [5, 5.41) is 5.80. The van der Waals surface area contributed by atoms with Gasteiger partial charge in [0.25, 0.3) is 5.91 Å². The van der Waals surface area contributed by atoms with Gasteiger partial charge < -0.3 is 35.6 Å². The van der Waals surface area contributed by atoms with Crippen molar-refractivity contribution in [2.75, 3.05) is 55.8 Å². The van der Waals surface area contributed by atoms with E-state index in [1.54, 1.807) is 47.5 Å². The lowest BCUT2D eigenvalue weighted by Crippen LogP contribution is -2.38. The maximum atomic E-state index is 13.5. The fourth-order valence-corrected chi connectivity index (χ4v) is 5.02. The molecule has 1 fully saturated rings. The van der Waals surface area contributed by atoms with Gasteiger partial charge in [-0.15, -0.1) is 0 Å². The van der Waals surface area contributed by atoms with Crippen LogP contribution in [0.1, 0.15) is 42.2 Å². The summed E-state index contributed by atoms with van der Waals surface area (Å²) in [6.07, 6.45) is 4.93. The van der Waals surface area contributed by atoms with Crippen LogP contribution in [0.25, 0.3) is 0 Å². The predicted octanol–water partition coefficient (Wildman–Crippen LogP) is 4.84. The monoisotopic (exact) mass is 558 g/mol. The summed E-state index contributed by atoms with van der Waals surface area (Å²) >= 11 is 0. The van der Waals surface area contributed by atoms with E-state index in [4.69, 9.17) is 15.2 Å². The number of pyridine rings is 1. The van der Waals surface area contributed by atoms with Crippen molar-refractivity contribution >= 4 is 29.0 Å². The lowest BCUT2D eigenvalue weighted by Gasteiger charge is -2.31. The highest BCUT2D eigenvalue weighted by Gasteiger charge is 2.20. The molecule has 0 radical (unpaired) electrons. The molecule has 2 aliphatic heterocycles. The fourth-order valence-electron chi connectivity index (χ4n) is 5.02. The molecule has 3 amide bonds. The van der Waals surface area contributed by atoms with E-state index < -0.39 is 0 Å². The van der Waals surface area contributed by atoms with E-state index in [2.05, 4.69) is 27.4 Å². The van der Waals surface area contributed by atoms with Gasteiger partial charge >= 0.3 is 6.03 Å². The minimum atomic E-state index is -0.349. The zero-order valence-electron chi connectivity index (χ0n) is 23.5. The average Bonchev–Trinajstić information content (AvgIpc) is 2.99. The number of nitrogens with two attached hydrogens (primary N) is 1. The van der Waals surface area contributed by atoms with Crippen LogP contribution in [0.5, 0.6) is 11.5 Å². The molecular formula is C31H38N6O4. The Bertz CT molecular complexity index is 1340. The first-order chi connectivity index (χ1) is 19.9. The summed E-state index contributed by atoms with van der Waals surface area (Å²) < 4.78 is 11.3. The SMILES string of the molecule is CC1CCN(CCCN(Cc2ccc(C(=O)Nc3ccccc3N)nc2)C(=O)Nc2ccc3c(c2)OCCO3)CC1. The topological polar surface area (TPSA) is 122 Å². The summed E-state index contributed by atoms with van der Waals surface area (Å²) in [4.78, 5) is 34.8. The van der Waals surface area contributed by atoms with Crippen molar-refractivity contribution in [2.45, 2.75) is 32.7 Å². The Morgan fingerprint density at radius 2 is 1.80 bits per heavy atom. The molecule has 5 rings (SSSR count). The Morgan fingerprint density at radius 3 is 2.56 bits per heavy atom. The normalized spacial score (nSPS) is 15.2. The van der Waals surface area contributed by atoms with Gasteiger partial charge in [-0.25, -0.2) is 4.79 Å². The lowest BCUT2D eigenvalue weighted by molar-refractivity contribution is 0.102. The van der Waals surface area contributed by atoms with Crippen LogP contribution in [0.4, 0.5) is 21.9 Å². The summed E-state index contributed by atoms with van der Waals surface area (Å²) in [7, 11) is 0. The number of rotatable bonds is 9. The van der Waals surface area contributed by atoms with Gasteiger partial charge in [0.1, 0.15) is 18.9 Å². The maximum Gasteiger partial charge on any atom is 0.322 e. The van der Waals surface area contributed by atoms with Crippen LogP contribution in [-0.4, -0.2) is 66.1 Å². The van der Waals surface area contributed by atoms with Crippen LogP contribution < -0.4 is 25.8 Å². The molecule has 10 nitrogen and oxygen atoms in total. The molecule has 0 saturated carbocycles. The Kier molecular flexibility index (Phi) is 9.20. The molecule has 4 N–H and O–H groups in total. The molecule has 0 aliphatic carbocycles. The number of carbonyl (C=O) groups is 2. The van der Waals surface area contributed by atoms with Crippen molar-refractivity contribution in [1.82, 2.24) is 14.8 Å². The van der Waals surface area contributed by atoms with Crippen molar-refractivity contribution in [1.29, 1.82) is 0 Å². The summed E-state index contributed by atoms with van der Waals surface area (Å²) in [5.41, 5.74) is 8.69. The number of nitrogens with zero attached hydrogens (tertiary/aromatic N) is 3. The predicted molar refractivity (Wildman–Crippen MR) is 159 cm³/mol. The maximum absolute atomic E-state index is 13.5. The van der Waals surface area contributed by atoms with E-state index in [1.165, 1.54) is 12.8 Å². The van der Waals surface area contributed by atoms with Gasteiger partial charge in [0, 0.05) is 31.0 Å². The van der Waals surface area contributed by atoms with E-state index in [9.17, 15) is 9.59 Å². The summed E-state index contributed by atoms with van der Waals surface area (Å²) in [6.45, 7) is 7.38. The van der Waals surface area contributed by atoms with Crippen LogP contribution in [0, 0.1) is 5.92 Å². The molecule has 0 atom stereocenters. The molecule has 1 saturated heterocycles. The van der Waals surface area contributed by atoms with E-state index in [1.807, 2.05) is 18.2 Å². The van der Waals surface area contributed by atoms with Gasteiger partial charge in [0.05, 0.1) is 11.4 Å². The van der Waals surface area contributed by atoms with Crippen LogP contribution >= 0.6 is 0 Å². The average molecular weight is 559 g/mol. The van der Waals surface area contributed by atoms with Crippen molar-refractivity contribution in [2.24, 2.45) is 5.92 Å². The molecule has 0 unspecified atom stereocenters. The number of hydrogen-bond donors (Lipinski definition) is 3. The number of piperidine rings is 1. The minimum Gasteiger partial charge on any atom is -0.486 e. The molecule has 2 aliphatic rings. The number of aromatic nitrogens is 1. The number of anilines is 3. The van der Waals surface area contributed by atoms with Crippen LogP contribution in [0.3, 0.4) is 0 Å². The molecule has 10 heteroatoms. The number of urea groups is 1. The molecule has 3 aromatic rings. The highest BCUT2D eigenvalue weighted by Crippen LogP contribution is 2.32. The van der Waals surface area contributed by atoms with Crippen LogP contribution in [0.15, 0.2) is 60.8 Å². The third kappa shape index (κ3) is 7.67. The van der Waals surface area contributed by atoms with Gasteiger partial charge in [-0.1, -0.05) is 25.1 Å². The fraction of sp³-hybridized carbons (Fsp3) is 0.387. The first kappa shape index (κ1) is 28.2. The zero-order chi connectivity index (χ0) is 28.6. The Hall–Kier alpha value is -4.31. The van der Waals surface area contributed by atoms with Crippen molar-refractivity contribution < 1.29 is 19.1 Å². The van der Waals surface area contributed by atoms with E-state index in [0.717, 1.165) is 37.5 Å². The third-order valence-corrected chi connectivity index (χ3v) is 7.50. The van der Waals surface area contributed by atoms with Crippen LogP contribution in [-0.2, 0) is 6.54 Å². The molecule has 3 heterocycles. The Labute approximate surface area is 240 Å². The van der Waals surface area contributed by atoms with Gasteiger partial charge in [-0.3, -0.25) is 9.78 Å². The number of hydrogen-bond acceptors (Lipinski definition) is 7. The number of fused-ring (bicyclic) bond motifs is 1. The minimum absolute atomic E-state index is 0.213. The molecule has 0 spiro atoms. The summed E-state index contributed by atoms with van der Waals surface area (Å²) in [5.74, 6) is 1.72. The number of carbonyl (C=O) groups excluding carboxylic acids is 2. The number of para-hydroxylation sites is 2. The van der Waals surface area contributed by atoms with Gasteiger partial charge in [0.2, 0.25) is 0 Å².